The van der Waals surface area contributed by atoms with Crippen LogP contribution < -0.4 is 10.1 Å². The minimum Gasteiger partial charge on any atom is -0.491 e. The number of hydrogen-bond donors (Lipinski definition) is 1. The number of amides is 1. The molecule has 2 bridgehead atoms. The van der Waals surface area contributed by atoms with E-state index in [2.05, 4.69) is 26.6 Å². The number of nitrogens with zero attached hydrogens (tertiary/aromatic N) is 5. The van der Waals surface area contributed by atoms with Crippen LogP contribution in [0.3, 0.4) is 0 Å². The van der Waals surface area contributed by atoms with Gasteiger partial charge < -0.3 is 10.1 Å². The fraction of sp³-hybridized carbons (Fsp3) is 0.429. The molecule has 2 heterocycles. The molecule has 8 nitrogen and oxygen atoms in total. The zero-order valence-electron chi connectivity index (χ0n) is 21.0. The van der Waals surface area contributed by atoms with Crippen molar-refractivity contribution in [3.05, 3.63) is 60.3 Å². The molecular weight excluding hydrogens is 452 g/mol. The van der Waals surface area contributed by atoms with Crippen molar-refractivity contribution >= 4 is 5.91 Å². The average Bonchev–Trinajstić information content (AvgIpc) is 3.61. The van der Waals surface area contributed by atoms with Gasteiger partial charge in [-0.3, -0.25) is 9.69 Å². The van der Waals surface area contributed by atoms with Gasteiger partial charge in [-0.25, -0.2) is 4.68 Å². The SMILES string of the molecule is CC(C)Oc1ccc(-c2cn(-c3ccc(C[C@@H](C#N)NC(=O)C4C5CCC(C5)N4C)cc3)nn2)cc1. The molecule has 1 aliphatic heterocycles. The number of hydrogen-bond acceptors (Lipinski definition) is 6. The van der Waals surface area contributed by atoms with Gasteiger partial charge in [-0.05, 0) is 88.0 Å². The van der Waals surface area contributed by atoms with Crippen LogP contribution in [0.4, 0.5) is 0 Å². The van der Waals surface area contributed by atoms with Crippen LogP contribution in [0, 0.1) is 17.2 Å². The van der Waals surface area contributed by atoms with Gasteiger partial charge in [0.15, 0.2) is 0 Å². The summed E-state index contributed by atoms with van der Waals surface area (Å²) in [7, 11) is 2.03. The van der Waals surface area contributed by atoms with Crippen molar-refractivity contribution < 1.29 is 9.53 Å². The van der Waals surface area contributed by atoms with Crippen molar-refractivity contribution in [1.82, 2.24) is 25.2 Å². The van der Waals surface area contributed by atoms with Gasteiger partial charge in [-0.1, -0.05) is 17.3 Å². The van der Waals surface area contributed by atoms with E-state index in [0.29, 0.717) is 18.4 Å². The molecule has 1 aliphatic carbocycles. The van der Waals surface area contributed by atoms with E-state index in [1.54, 1.807) is 4.68 Å². The molecule has 2 fully saturated rings. The topological polar surface area (TPSA) is 96.1 Å². The fourth-order valence-corrected chi connectivity index (χ4v) is 5.51. The van der Waals surface area contributed by atoms with Crippen LogP contribution in [0.2, 0.25) is 0 Å². The summed E-state index contributed by atoms with van der Waals surface area (Å²) in [5.74, 6) is 1.22. The Labute approximate surface area is 211 Å². The number of nitriles is 1. The van der Waals surface area contributed by atoms with Gasteiger partial charge in [0, 0.05) is 18.0 Å². The first-order chi connectivity index (χ1) is 17.4. The maximum Gasteiger partial charge on any atom is 0.238 e. The summed E-state index contributed by atoms with van der Waals surface area (Å²) >= 11 is 0. The fourth-order valence-electron chi connectivity index (χ4n) is 5.51. The second-order valence-electron chi connectivity index (χ2n) is 10.1. The van der Waals surface area contributed by atoms with Gasteiger partial charge in [0.25, 0.3) is 0 Å². The van der Waals surface area contributed by atoms with Crippen molar-refractivity contribution in [1.29, 1.82) is 5.26 Å². The van der Waals surface area contributed by atoms with Gasteiger partial charge in [0.05, 0.1) is 30.1 Å². The van der Waals surface area contributed by atoms with Crippen LogP contribution >= 0.6 is 0 Å². The Morgan fingerprint density at radius 3 is 2.56 bits per heavy atom. The summed E-state index contributed by atoms with van der Waals surface area (Å²) in [6, 6.07) is 17.7. The van der Waals surface area contributed by atoms with Crippen molar-refractivity contribution in [3.8, 4) is 28.8 Å². The summed E-state index contributed by atoms with van der Waals surface area (Å²) in [4.78, 5) is 15.1. The molecule has 2 aromatic carbocycles. The molecule has 4 atom stereocenters. The summed E-state index contributed by atoms with van der Waals surface area (Å²) in [6.07, 6.45) is 5.84. The van der Waals surface area contributed by atoms with Gasteiger partial charge >= 0.3 is 0 Å². The van der Waals surface area contributed by atoms with Crippen molar-refractivity contribution in [2.45, 2.75) is 63.8 Å². The van der Waals surface area contributed by atoms with Gasteiger partial charge in [0.2, 0.25) is 5.91 Å². The maximum absolute atomic E-state index is 12.9. The van der Waals surface area contributed by atoms with Gasteiger partial charge in [-0.15, -0.1) is 5.10 Å². The van der Waals surface area contributed by atoms with Gasteiger partial charge in [-0.2, -0.15) is 5.26 Å². The summed E-state index contributed by atoms with van der Waals surface area (Å²) in [5.41, 5.74) is 3.59. The molecule has 0 spiro atoms. The number of aromatic nitrogens is 3. The largest absolute Gasteiger partial charge is 0.491 e. The maximum atomic E-state index is 12.9. The van der Waals surface area contributed by atoms with E-state index in [-0.39, 0.29) is 18.1 Å². The highest BCUT2D eigenvalue weighted by molar-refractivity contribution is 5.83. The number of carbonyl (C=O) groups excluding carboxylic acids is 1. The van der Waals surface area contributed by atoms with E-state index in [4.69, 9.17) is 4.74 Å². The molecule has 1 amide bonds. The Hall–Kier alpha value is -3.70. The molecule has 36 heavy (non-hydrogen) atoms. The van der Waals surface area contributed by atoms with E-state index < -0.39 is 6.04 Å². The van der Waals surface area contributed by atoms with Crippen LogP contribution in [0.5, 0.6) is 5.75 Å². The average molecular weight is 485 g/mol. The van der Waals surface area contributed by atoms with Crippen LogP contribution in [0.25, 0.3) is 16.9 Å². The number of piperidine rings is 1. The molecule has 1 saturated carbocycles. The van der Waals surface area contributed by atoms with E-state index in [1.807, 2.05) is 75.6 Å². The van der Waals surface area contributed by atoms with E-state index >= 15 is 0 Å². The van der Waals surface area contributed by atoms with Crippen molar-refractivity contribution in [2.24, 2.45) is 5.92 Å². The summed E-state index contributed by atoms with van der Waals surface area (Å²) < 4.78 is 7.43. The molecule has 0 radical (unpaired) electrons. The van der Waals surface area contributed by atoms with Crippen molar-refractivity contribution in [3.63, 3.8) is 0 Å². The summed E-state index contributed by atoms with van der Waals surface area (Å²) in [5, 5.41) is 21.2. The monoisotopic (exact) mass is 484 g/mol. The molecule has 3 aromatic rings. The third kappa shape index (κ3) is 4.98. The van der Waals surface area contributed by atoms with E-state index in [0.717, 1.165) is 41.1 Å². The first-order valence-electron chi connectivity index (χ1n) is 12.6. The third-order valence-corrected chi connectivity index (χ3v) is 7.30. The minimum absolute atomic E-state index is 0.0215. The second-order valence-corrected chi connectivity index (χ2v) is 10.1. The predicted octanol–water partition coefficient (Wildman–Crippen LogP) is 3.76. The van der Waals surface area contributed by atoms with Gasteiger partial charge in [0.1, 0.15) is 17.5 Å². The standard InChI is InChI=1S/C28H32N6O2/c1-18(2)36-25-12-7-20(8-13-25)26-17-34(32-31-26)23-9-4-19(5-10-23)14-22(16-29)30-28(35)27-21-6-11-24(15-21)33(27)3/h4-5,7-10,12-13,17-18,21-22,24,27H,6,11,14-15H2,1-3H3,(H,30,35)/t21?,22-,24?,27?/m0/s1. The van der Waals surface area contributed by atoms with E-state index in [1.165, 1.54) is 6.42 Å². The highest BCUT2D eigenvalue weighted by Gasteiger charge is 2.47. The van der Waals surface area contributed by atoms with Crippen LogP contribution in [0.15, 0.2) is 54.7 Å². The Morgan fingerprint density at radius 1 is 1.17 bits per heavy atom. The normalized spacial score (nSPS) is 21.9. The number of benzene rings is 2. The first-order valence-corrected chi connectivity index (χ1v) is 12.6. The lowest BCUT2D eigenvalue weighted by Crippen LogP contribution is -2.51. The number of carbonyl (C=O) groups is 1. The second kappa shape index (κ2) is 10.1. The van der Waals surface area contributed by atoms with E-state index in [9.17, 15) is 10.1 Å². The van der Waals surface area contributed by atoms with Crippen LogP contribution in [-0.4, -0.2) is 57.1 Å². The number of rotatable bonds is 8. The Kier molecular flexibility index (Phi) is 6.75. The summed E-state index contributed by atoms with van der Waals surface area (Å²) in [6.45, 7) is 4.00. The minimum atomic E-state index is -0.559. The number of fused-ring (bicyclic) bond motifs is 2. The van der Waals surface area contributed by atoms with Crippen molar-refractivity contribution in [2.75, 3.05) is 7.05 Å². The Bertz CT molecular complexity index is 1240. The molecule has 1 N–H and O–H groups in total. The number of likely N-dealkylation sites (tertiary alicyclic amines) is 1. The zero-order valence-corrected chi connectivity index (χ0v) is 21.0. The number of ether oxygens (including phenoxy) is 1. The smallest absolute Gasteiger partial charge is 0.238 e. The Morgan fingerprint density at radius 2 is 1.92 bits per heavy atom. The lowest BCUT2D eigenvalue weighted by molar-refractivity contribution is -0.127. The number of nitrogens with one attached hydrogen (secondary N) is 1. The first kappa shape index (κ1) is 24.0. The molecule has 1 aromatic heterocycles. The van der Waals surface area contributed by atoms with Crippen LogP contribution in [-0.2, 0) is 11.2 Å². The molecule has 2 aliphatic rings. The lowest BCUT2D eigenvalue weighted by Gasteiger charge is -2.31. The highest BCUT2D eigenvalue weighted by atomic mass is 16.5. The quantitative estimate of drug-likeness (QED) is 0.523. The Balaban J connectivity index is 1.20. The third-order valence-electron chi connectivity index (χ3n) is 7.30. The van der Waals surface area contributed by atoms with Crippen LogP contribution in [0.1, 0.15) is 38.7 Å². The zero-order chi connectivity index (χ0) is 25.2. The highest BCUT2D eigenvalue weighted by Crippen LogP contribution is 2.41. The predicted molar refractivity (Wildman–Crippen MR) is 136 cm³/mol. The molecule has 5 rings (SSSR count). The number of likely N-dealkylation sites (N-methyl/N-ethyl adjacent to an activating group) is 1. The molecule has 186 valence electrons. The molecule has 3 unspecified atom stereocenters. The molecular formula is C28H32N6O2. The lowest BCUT2D eigenvalue weighted by atomic mass is 9.97. The molecule has 8 heteroatoms. The molecule has 1 saturated heterocycles.